The molecule has 1 amide bonds. The van der Waals surface area contributed by atoms with Gasteiger partial charge in [0.15, 0.2) is 0 Å². The summed E-state index contributed by atoms with van der Waals surface area (Å²) in [7, 11) is 0. The summed E-state index contributed by atoms with van der Waals surface area (Å²) in [6, 6.07) is 7.51. The van der Waals surface area contributed by atoms with Crippen molar-refractivity contribution in [3.05, 3.63) is 30.5 Å². The summed E-state index contributed by atoms with van der Waals surface area (Å²) < 4.78 is 5.27. The highest BCUT2D eigenvalue weighted by atomic mass is 16.3. The first-order valence-electron chi connectivity index (χ1n) is 6.34. The van der Waals surface area contributed by atoms with Gasteiger partial charge < -0.3 is 15.1 Å². The monoisotopic (exact) mass is 244 g/mol. The molecule has 3 rings (SSSR count). The van der Waals surface area contributed by atoms with Crippen molar-refractivity contribution in [3.63, 3.8) is 0 Å². The first-order valence-corrected chi connectivity index (χ1v) is 6.34. The van der Waals surface area contributed by atoms with Crippen molar-refractivity contribution in [2.45, 2.75) is 25.3 Å². The molecule has 0 bridgehead atoms. The van der Waals surface area contributed by atoms with Gasteiger partial charge in [0.2, 0.25) is 5.91 Å². The lowest BCUT2D eigenvalue weighted by Gasteiger charge is -2.22. The van der Waals surface area contributed by atoms with E-state index in [-0.39, 0.29) is 11.9 Å². The van der Waals surface area contributed by atoms with E-state index in [0.29, 0.717) is 0 Å². The average molecular weight is 244 g/mol. The Morgan fingerprint density at radius 2 is 2.28 bits per heavy atom. The van der Waals surface area contributed by atoms with Crippen LogP contribution >= 0.6 is 0 Å². The Morgan fingerprint density at radius 3 is 3.11 bits per heavy atom. The predicted molar refractivity (Wildman–Crippen MR) is 70.5 cm³/mol. The van der Waals surface area contributed by atoms with Crippen LogP contribution in [0.1, 0.15) is 19.3 Å². The molecule has 1 aromatic carbocycles. The van der Waals surface area contributed by atoms with Gasteiger partial charge in [-0.3, -0.25) is 4.79 Å². The highest BCUT2D eigenvalue weighted by Gasteiger charge is 2.20. The van der Waals surface area contributed by atoms with E-state index in [2.05, 4.69) is 10.6 Å². The van der Waals surface area contributed by atoms with Gasteiger partial charge in [0.1, 0.15) is 5.58 Å². The van der Waals surface area contributed by atoms with Crippen LogP contribution in [0.15, 0.2) is 34.9 Å². The van der Waals surface area contributed by atoms with E-state index in [1.165, 1.54) is 0 Å². The number of rotatable bonds is 2. The van der Waals surface area contributed by atoms with E-state index in [0.717, 1.165) is 42.5 Å². The maximum Gasteiger partial charge on any atom is 0.241 e. The molecule has 1 aliphatic heterocycles. The molecule has 0 spiro atoms. The van der Waals surface area contributed by atoms with Crippen LogP contribution in [0.25, 0.3) is 11.0 Å². The molecule has 2 aromatic rings. The minimum absolute atomic E-state index is 0.0533. The van der Waals surface area contributed by atoms with Gasteiger partial charge in [-0.1, -0.05) is 6.42 Å². The third-order valence-corrected chi connectivity index (χ3v) is 3.35. The smallest absolute Gasteiger partial charge is 0.241 e. The number of carbonyl (C=O) groups is 1. The average Bonchev–Trinajstić information content (AvgIpc) is 2.87. The van der Waals surface area contributed by atoms with Gasteiger partial charge in [-0.05, 0) is 43.7 Å². The van der Waals surface area contributed by atoms with E-state index in [1.54, 1.807) is 6.26 Å². The first-order chi connectivity index (χ1) is 8.83. The maximum atomic E-state index is 12.0. The van der Waals surface area contributed by atoms with E-state index < -0.39 is 0 Å². The summed E-state index contributed by atoms with van der Waals surface area (Å²) in [5.41, 5.74) is 1.66. The lowest BCUT2D eigenvalue weighted by atomic mass is 10.0. The molecule has 94 valence electrons. The molecule has 18 heavy (non-hydrogen) atoms. The lowest BCUT2D eigenvalue weighted by molar-refractivity contribution is -0.118. The van der Waals surface area contributed by atoms with E-state index in [4.69, 9.17) is 4.42 Å². The number of fused-ring (bicyclic) bond motifs is 1. The molecule has 1 aliphatic rings. The normalized spacial score (nSPS) is 19.9. The SMILES string of the molecule is O=C(Nc1ccc2occc2c1)C1CCCCN1. The number of hydrogen-bond acceptors (Lipinski definition) is 3. The van der Waals surface area contributed by atoms with Crippen LogP contribution in [-0.4, -0.2) is 18.5 Å². The summed E-state index contributed by atoms with van der Waals surface area (Å²) in [5.74, 6) is 0.0533. The van der Waals surface area contributed by atoms with Crippen LogP contribution in [-0.2, 0) is 4.79 Å². The minimum atomic E-state index is -0.0567. The molecular weight excluding hydrogens is 228 g/mol. The van der Waals surface area contributed by atoms with Crippen molar-refractivity contribution >= 4 is 22.6 Å². The van der Waals surface area contributed by atoms with E-state index in [1.807, 2.05) is 24.3 Å². The number of furan rings is 1. The molecule has 2 heterocycles. The van der Waals surface area contributed by atoms with Crippen LogP contribution in [0.5, 0.6) is 0 Å². The second kappa shape index (κ2) is 4.82. The van der Waals surface area contributed by atoms with Gasteiger partial charge >= 0.3 is 0 Å². The number of benzene rings is 1. The van der Waals surface area contributed by atoms with Crippen LogP contribution in [0.2, 0.25) is 0 Å². The fraction of sp³-hybridized carbons (Fsp3) is 0.357. The fourth-order valence-corrected chi connectivity index (χ4v) is 2.35. The Kier molecular flexibility index (Phi) is 3.02. The Morgan fingerprint density at radius 1 is 1.33 bits per heavy atom. The molecule has 4 heteroatoms. The molecule has 0 saturated carbocycles. The van der Waals surface area contributed by atoms with Gasteiger partial charge in [-0.2, -0.15) is 0 Å². The summed E-state index contributed by atoms with van der Waals surface area (Å²) in [4.78, 5) is 12.0. The van der Waals surface area contributed by atoms with Gasteiger partial charge in [0.25, 0.3) is 0 Å². The summed E-state index contributed by atoms with van der Waals surface area (Å²) >= 11 is 0. The second-order valence-corrected chi connectivity index (χ2v) is 4.66. The molecule has 0 aliphatic carbocycles. The molecule has 1 aromatic heterocycles. The molecule has 0 radical (unpaired) electrons. The molecule has 4 nitrogen and oxygen atoms in total. The number of anilines is 1. The second-order valence-electron chi connectivity index (χ2n) is 4.66. The van der Waals surface area contributed by atoms with Gasteiger partial charge in [-0.25, -0.2) is 0 Å². The van der Waals surface area contributed by atoms with E-state index >= 15 is 0 Å². The minimum Gasteiger partial charge on any atom is -0.464 e. The van der Waals surface area contributed by atoms with Crippen molar-refractivity contribution in [1.29, 1.82) is 0 Å². The largest absolute Gasteiger partial charge is 0.464 e. The Labute approximate surface area is 105 Å². The highest BCUT2D eigenvalue weighted by molar-refractivity contribution is 5.96. The third-order valence-electron chi connectivity index (χ3n) is 3.35. The van der Waals surface area contributed by atoms with Gasteiger partial charge in [0.05, 0.1) is 12.3 Å². The molecule has 2 N–H and O–H groups in total. The van der Waals surface area contributed by atoms with Gasteiger partial charge in [-0.15, -0.1) is 0 Å². The molecular formula is C14H16N2O2. The zero-order chi connectivity index (χ0) is 12.4. The van der Waals surface area contributed by atoms with Gasteiger partial charge in [0, 0.05) is 11.1 Å². The standard InChI is InChI=1S/C14H16N2O2/c17-14(12-3-1-2-7-15-12)16-11-4-5-13-10(9-11)6-8-18-13/h4-6,8-9,12,15H,1-3,7H2,(H,16,17). The quantitative estimate of drug-likeness (QED) is 0.853. The predicted octanol–water partition coefficient (Wildman–Crippen LogP) is 2.51. The Balaban J connectivity index is 1.72. The Bertz CT molecular complexity index is 556. The van der Waals surface area contributed by atoms with Crippen molar-refractivity contribution in [2.75, 3.05) is 11.9 Å². The zero-order valence-corrected chi connectivity index (χ0v) is 10.1. The molecule has 1 atom stereocenters. The maximum absolute atomic E-state index is 12.0. The van der Waals surface area contributed by atoms with Crippen LogP contribution in [0.3, 0.4) is 0 Å². The van der Waals surface area contributed by atoms with Crippen LogP contribution < -0.4 is 10.6 Å². The van der Waals surface area contributed by atoms with Crippen molar-refractivity contribution < 1.29 is 9.21 Å². The van der Waals surface area contributed by atoms with Crippen LogP contribution in [0.4, 0.5) is 5.69 Å². The summed E-state index contributed by atoms with van der Waals surface area (Å²) in [5, 5.41) is 7.20. The Hall–Kier alpha value is -1.81. The number of piperidine rings is 1. The highest BCUT2D eigenvalue weighted by Crippen LogP contribution is 2.20. The number of amides is 1. The lowest BCUT2D eigenvalue weighted by Crippen LogP contribution is -2.43. The number of carbonyl (C=O) groups excluding carboxylic acids is 1. The van der Waals surface area contributed by atoms with Crippen molar-refractivity contribution in [3.8, 4) is 0 Å². The van der Waals surface area contributed by atoms with Crippen LogP contribution in [0, 0.1) is 0 Å². The zero-order valence-electron chi connectivity index (χ0n) is 10.1. The first kappa shape index (κ1) is 11.3. The third kappa shape index (κ3) is 2.24. The summed E-state index contributed by atoms with van der Waals surface area (Å²) in [6.07, 6.45) is 4.84. The van der Waals surface area contributed by atoms with Crippen molar-refractivity contribution in [1.82, 2.24) is 5.32 Å². The molecule has 1 fully saturated rings. The topological polar surface area (TPSA) is 54.3 Å². The summed E-state index contributed by atoms with van der Waals surface area (Å²) in [6.45, 7) is 0.929. The number of hydrogen-bond donors (Lipinski definition) is 2. The molecule has 1 unspecified atom stereocenters. The number of nitrogens with one attached hydrogen (secondary N) is 2. The molecule has 1 saturated heterocycles. The fourth-order valence-electron chi connectivity index (χ4n) is 2.35. The van der Waals surface area contributed by atoms with Crippen molar-refractivity contribution in [2.24, 2.45) is 0 Å². The van der Waals surface area contributed by atoms with E-state index in [9.17, 15) is 4.79 Å².